The maximum atomic E-state index is 5.17. The molecule has 20 heavy (non-hydrogen) atoms. The molecule has 0 fully saturated rings. The third-order valence-electron chi connectivity index (χ3n) is 3.18. The minimum Gasteiger partial charge on any atom is -0.497 e. The second-order valence-electron chi connectivity index (χ2n) is 4.78. The lowest BCUT2D eigenvalue weighted by Crippen LogP contribution is -2.18. The normalized spacial score (nSPS) is 10.6. The molecule has 1 N–H and O–H groups in total. The smallest absolute Gasteiger partial charge is 0.130 e. The van der Waals surface area contributed by atoms with E-state index in [4.69, 9.17) is 4.74 Å². The van der Waals surface area contributed by atoms with E-state index in [1.165, 1.54) is 11.1 Å². The Bertz CT molecular complexity index is 540. The molecule has 1 aromatic heterocycles. The van der Waals surface area contributed by atoms with Crippen LogP contribution in [-0.2, 0) is 13.1 Å². The molecule has 0 saturated heterocycles. The van der Waals surface area contributed by atoms with Crippen LogP contribution in [0, 0.1) is 0 Å². The van der Waals surface area contributed by atoms with E-state index in [0.29, 0.717) is 0 Å². The Hall–Kier alpha value is -2.07. The van der Waals surface area contributed by atoms with Crippen molar-refractivity contribution >= 4 is 5.82 Å². The van der Waals surface area contributed by atoms with Crippen LogP contribution in [0.1, 0.15) is 11.1 Å². The summed E-state index contributed by atoms with van der Waals surface area (Å²) in [5, 5.41) is 3.13. The summed E-state index contributed by atoms with van der Waals surface area (Å²) >= 11 is 0. The van der Waals surface area contributed by atoms with Crippen molar-refractivity contribution in [3.05, 3.63) is 53.7 Å². The van der Waals surface area contributed by atoms with E-state index in [1.54, 1.807) is 13.3 Å². The van der Waals surface area contributed by atoms with Crippen LogP contribution in [0.4, 0.5) is 5.82 Å². The SMILES string of the molecule is CNc1ncccc1CN(C)Cc1ccc(OC)cc1. The number of ether oxygens (including phenoxy) is 1. The number of nitrogens with zero attached hydrogens (tertiary/aromatic N) is 2. The lowest BCUT2D eigenvalue weighted by atomic mass is 10.2. The summed E-state index contributed by atoms with van der Waals surface area (Å²) in [4.78, 5) is 6.59. The minimum atomic E-state index is 0.857. The van der Waals surface area contributed by atoms with Crippen LogP contribution in [0.5, 0.6) is 5.75 Å². The molecule has 4 nitrogen and oxygen atoms in total. The van der Waals surface area contributed by atoms with E-state index < -0.39 is 0 Å². The molecule has 0 radical (unpaired) electrons. The molecule has 0 amide bonds. The van der Waals surface area contributed by atoms with Crippen LogP contribution in [0.25, 0.3) is 0 Å². The van der Waals surface area contributed by atoms with Crippen LogP contribution >= 0.6 is 0 Å². The fraction of sp³-hybridized carbons (Fsp3) is 0.312. The van der Waals surface area contributed by atoms with Crippen molar-refractivity contribution in [3.8, 4) is 5.75 Å². The van der Waals surface area contributed by atoms with Gasteiger partial charge in [-0.2, -0.15) is 0 Å². The summed E-state index contributed by atoms with van der Waals surface area (Å²) in [6, 6.07) is 12.2. The zero-order valence-electron chi connectivity index (χ0n) is 12.3. The predicted octanol–water partition coefficient (Wildman–Crippen LogP) is 2.76. The van der Waals surface area contributed by atoms with Crippen LogP contribution < -0.4 is 10.1 Å². The van der Waals surface area contributed by atoms with E-state index in [9.17, 15) is 0 Å². The van der Waals surface area contributed by atoms with Gasteiger partial charge in [-0.05, 0) is 30.8 Å². The Morgan fingerprint density at radius 3 is 2.55 bits per heavy atom. The zero-order chi connectivity index (χ0) is 14.4. The molecule has 0 aliphatic rings. The summed E-state index contributed by atoms with van der Waals surface area (Å²) in [6.45, 7) is 1.75. The van der Waals surface area contributed by atoms with Crippen molar-refractivity contribution in [2.75, 3.05) is 26.5 Å². The molecule has 1 heterocycles. The van der Waals surface area contributed by atoms with Crippen LogP contribution in [0.15, 0.2) is 42.6 Å². The van der Waals surface area contributed by atoms with Gasteiger partial charge in [0, 0.05) is 31.9 Å². The number of rotatable bonds is 6. The summed E-state index contributed by atoms with van der Waals surface area (Å²) in [5.41, 5.74) is 2.47. The Morgan fingerprint density at radius 2 is 1.90 bits per heavy atom. The molecule has 0 bridgehead atoms. The van der Waals surface area contributed by atoms with Crippen molar-refractivity contribution in [1.82, 2.24) is 9.88 Å². The van der Waals surface area contributed by atoms with Gasteiger partial charge in [-0.15, -0.1) is 0 Å². The van der Waals surface area contributed by atoms with Crippen molar-refractivity contribution in [2.24, 2.45) is 0 Å². The highest BCUT2D eigenvalue weighted by atomic mass is 16.5. The number of hydrogen-bond donors (Lipinski definition) is 1. The number of benzene rings is 1. The molecule has 4 heteroatoms. The fourth-order valence-electron chi connectivity index (χ4n) is 2.18. The number of methoxy groups -OCH3 is 1. The summed E-state index contributed by atoms with van der Waals surface area (Å²) in [6.07, 6.45) is 1.80. The first-order valence-electron chi connectivity index (χ1n) is 6.66. The monoisotopic (exact) mass is 271 g/mol. The molecule has 2 aromatic rings. The average molecular weight is 271 g/mol. The molecule has 0 saturated carbocycles. The topological polar surface area (TPSA) is 37.4 Å². The Morgan fingerprint density at radius 1 is 1.15 bits per heavy atom. The highest BCUT2D eigenvalue weighted by Gasteiger charge is 2.06. The Kier molecular flexibility index (Phi) is 4.96. The third-order valence-corrected chi connectivity index (χ3v) is 3.18. The van der Waals surface area contributed by atoms with E-state index >= 15 is 0 Å². The van der Waals surface area contributed by atoms with Crippen molar-refractivity contribution in [2.45, 2.75) is 13.1 Å². The Balaban J connectivity index is 1.99. The number of nitrogens with one attached hydrogen (secondary N) is 1. The quantitative estimate of drug-likeness (QED) is 0.876. The molecular formula is C16H21N3O. The molecule has 0 spiro atoms. The van der Waals surface area contributed by atoms with Gasteiger partial charge in [-0.25, -0.2) is 4.98 Å². The summed E-state index contributed by atoms with van der Waals surface area (Å²) in [7, 11) is 5.69. The van der Waals surface area contributed by atoms with Gasteiger partial charge >= 0.3 is 0 Å². The predicted molar refractivity (Wildman–Crippen MR) is 81.9 cm³/mol. The van der Waals surface area contributed by atoms with Gasteiger partial charge in [-0.3, -0.25) is 4.90 Å². The van der Waals surface area contributed by atoms with Gasteiger partial charge in [0.25, 0.3) is 0 Å². The zero-order valence-corrected chi connectivity index (χ0v) is 12.3. The molecule has 0 aliphatic heterocycles. The first kappa shape index (κ1) is 14.3. The maximum Gasteiger partial charge on any atom is 0.130 e. The van der Waals surface area contributed by atoms with Gasteiger partial charge in [0.2, 0.25) is 0 Å². The first-order valence-corrected chi connectivity index (χ1v) is 6.66. The van der Waals surface area contributed by atoms with Gasteiger partial charge in [0.1, 0.15) is 11.6 Å². The lowest BCUT2D eigenvalue weighted by Gasteiger charge is -2.18. The molecule has 2 rings (SSSR count). The van der Waals surface area contributed by atoms with E-state index in [2.05, 4.69) is 40.4 Å². The number of hydrogen-bond acceptors (Lipinski definition) is 4. The summed E-state index contributed by atoms with van der Waals surface area (Å²) < 4.78 is 5.17. The van der Waals surface area contributed by atoms with E-state index in [-0.39, 0.29) is 0 Å². The molecule has 1 aromatic carbocycles. The second-order valence-corrected chi connectivity index (χ2v) is 4.78. The molecule has 106 valence electrons. The number of anilines is 1. The van der Waals surface area contributed by atoms with Gasteiger partial charge in [-0.1, -0.05) is 18.2 Å². The highest BCUT2D eigenvalue weighted by molar-refractivity contribution is 5.42. The average Bonchev–Trinajstić information content (AvgIpc) is 2.48. The number of aromatic nitrogens is 1. The standard InChI is InChI=1S/C16H21N3O/c1-17-16-14(5-4-10-18-16)12-19(2)11-13-6-8-15(20-3)9-7-13/h4-10H,11-12H2,1-3H3,(H,17,18). The molecule has 0 unspecified atom stereocenters. The van der Waals surface area contributed by atoms with Crippen LogP contribution in [-0.4, -0.2) is 31.1 Å². The van der Waals surface area contributed by atoms with Crippen molar-refractivity contribution in [3.63, 3.8) is 0 Å². The highest BCUT2D eigenvalue weighted by Crippen LogP contribution is 2.16. The van der Waals surface area contributed by atoms with Crippen molar-refractivity contribution in [1.29, 1.82) is 0 Å². The second kappa shape index (κ2) is 6.91. The maximum absolute atomic E-state index is 5.17. The molecular weight excluding hydrogens is 250 g/mol. The van der Waals surface area contributed by atoms with Crippen molar-refractivity contribution < 1.29 is 4.74 Å². The largest absolute Gasteiger partial charge is 0.497 e. The Labute approximate surface area is 120 Å². The summed E-state index contributed by atoms with van der Waals surface area (Å²) in [5.74, 6) is 1.83. The number of pyridine rings is 1. The molecule has 0 atom stereocenters. The van der Waals surface area contributed by atoms with Crippen LogP contribution in [0.3, 0.4) is 0 Å². The van der Waals surface area contributed by atoms with E-state index in [1.807, 2.05) is 25.2 Å². The minimum absolute atomic E-state index is 0.857. The van der Waals surface area contributed by atoms with Gasteiger partial charge in [0.05, 0.1) is 7.11 Å². The third kappa shape index (κ3) is 3.71. The van der Waals surface area contributed by atoms with Gasteiger partial charge in [0.15, 0.2) is 0 Å². The first-order chi connectivity index (χ1) is 9.72. The lowest BCUT2D eigenvalue weighted by molar-refractivity contribution is 0.319. The van der Waals surface area contributed by atoms with Crippen LogP contribution in [0.2, 0.25) is 0 Å². The van der Waals surface area contributed by atoms with E-state index in [0.717, 1.165) is 24.7 Å². The fourth-order valence-corrected chi connectivity index (χ4v) is 2.18. The van der Waals surface area contributed by atoms with Gasteiger partial charge < -0.3 is 10.1 Å². The molecule has 0 aliphatic carbocycles.